The van der Waals surface area contributed by atoms with Crippen LogP contribution >= 0.6 is 11.3 Å². The number of rotatable bonds is 8. The zero-order valence-corrected chi connectivity index (χ0v) is 15.4. The Labute approximate surface area is 155 Å². The Morgan fingerprint density at radius 2 is 2.08 bits per heavy atom. The van der Waals surface area contributed by atoms with Crippen molar-refractivity contribution in [1.29, 1.82) is 0 Å². The van der Waals surface area contributed by atoms with Gasteiger partial charge in [-0.1, -0.05) is 18.2 Å². The summed E-state index contributed by atoms with van der Waals surface area (Å²) in [5, 5.41) is 4.79. The van der Waals surface area contributed by atoms with Gasteiger partial charge in [0.05, 0.1) is 22.5 Å². The number of aromatic nitrogens is 2. The first kappa shape index (κ1) is 18.1. The highest BCUT2D eigenvalue weighted by molar-refractivity contribution is 7.12. The summed E-state index contributed by atoms with van der Waals surface area (Å²) in [5.41, 5.74) is 1.77. The highest BCUT2D eigenvalue weighted by Gasteiger charge is 2.14. The van der Waals surface area contributed by atoms with Gasteiger partial charge in [0.15, 0.2) is 0 Å². The van der Waals surface area contributed by atoms with Crippen LogP contribution in [0.5, 0.6) is 0 Å². The lowest BCUT2D eigenvalue weighted by Crippen LogP contribution is -2.24. The van der Waals surface area contributed by atoms with Crippen molar-refractivity contribution < 1.29 is 14.3 Å². The van der Waals surface area contributed by atoms with Crippen molar-refractivity contribution >= 4 is 34.2 Å². The maximum atomic E-state index is 12.0. The molecular formula is C19H21N3O3S. The molecule has 0 aliphatic heterocycles. The second-order valence-corrected chi connectivity index (χ2v) is 6.69. The van der Waals surface area contributed by atoms with Crippen LogP contribution < -0.4 is 5.32 Å². The maximum Gasteiger partial charge on any atom is 0.326 e. The van der Waals surface area contributed by atoms with Crippen LogP contribution in [0.25, 0.3) is 11.0 Å². The molecule has 1 aromatic carbocycles. The number of carbonyl (C=O) groups excluding carboxylic acids is 2. The molecule has 2 heterocycles. The minimum absolute atomic E-state index is 0.0555. The van der Waals surface area contributed by atoms with E-state index in [1.807, 2.05) is 40.3 Å². The van der Waals surface area contributed by atoms with Gasteiger partial charge in [-0.05, 0) is 36.9 Å². The summed E-state index contributed by atoms with van der Waals surface area (Å²) in [7, 11) is 0. The number of carbonyl (C=O) groups is 2. The SMILES string of the molecule is CCOC(=O)Cn1c(CCCNC(=O)c2cccs2)nc2ccccc21. The van der Waals surface area contributed by atoms with Crippen LogP contribution in [0, 0.1) is 0 Å². The third kappa shape index (κ3) is 4.29. The summed E-state index contributed by atoms with van der Waals surface area (Å²) < 4.78 is 6.97. The van der Waals surface area contributed by atoms with Gasteiger partial charge in [-0.3, -0.25) is 9.59 Å². The first-order valence-electron chi connectivity index (χ1n) is 8.60. The number of nitrogens with zero attached hydrogens (tertiary/aromatic N) is 2. The largest absolute Gasteiger partial charge is 0.465 e. The number of benzene rings is 1. The minimum atomic E-state index is -0.275. The number of thiophene rings is 1. The Balaban J connectivity index is 1.64. The zero-order chi connectivity index (χ0) is 18.4. The molecule has 136 valence electrons. The van der Waals surface area contributed by atoms with Crippen LogP contribution in [0.15, 0.2) is 41.8 Å². The van der Waals surface area contributed by atoms with Crippen molar-refractivity contribution in [3.05, 3.63) is 52.5 Å². The maximum absolute atomic E-state index is 12.0. The van der Waals surface area contributed by atoms with Gasteiger partial charge in [-0.15, -0.1) is 11.3 Å². The molecule has 0 radical (unpaired) electrons. The second-order valence-electron chi connectivity index (χ2n) is 5.74. The number of ether oxygens (including phenoxy) is 1. The van der Waals surface area contributed by atoms with Crippen molar-refractivity contribution in [3.63, 3.8) is 0 Å². The summed E-state index contributed by atoms with van der Waals surface area (Å²) >= 11 is 1.42. The van der Waals surface area contributed by atoms with Crippen LogP contribution in [0.1, 0.15) is 28.8 Å². The molecular weight excluding hydrogens is 350 g/mol. The first-order valence-corrected chi connectivity index (χ1v) is 9.48. The molecule has 0 saturated heterocycles. The van der Waals surface area contributed by atoms with Crippen LogP contribution in [-0.4, -0.2) is 34.6 Å². The lowest BCUT2D eigenvalue weighted by Gasteiger charge is -2.09. The van der Waals surface area contributed by atoms with E-state index in [-0.39, 0.29) is 18.4 Å². The van der Waals surface area contributed by atoms with Crippen molar-refractivity contribution in [2.75, 3.05) is 13.2 Å². The van der Waals surface area contributed by atoms with E-state index in [9.17, 15) is 9.59 Å². The molecule has 1 N–H and O–H groups in total. The molecule has 0 unspecified atom stereocenters. The Kier molecular flexibility index (Phi) is 6.01. The minimum Gasteiger partial charge on any atom is -0.465 e. The topological polar surface area (TPSA) is 73.2 Å². The Morgan fingerprint density at radius 3 is 2.85 bits per heavy atom. The predicted molar refractivity (Wildman–Crippen MR) is 101 cm³/mol. The predicted octanol–water partition coefficient (Wildman–Crippen LogP) is 3.02. The third-order valence-corrected chi connectivity index (χ3v) is 4.80. The van der Waals surface area contributed by atoms with Gasteiger partial charge in [0.1, 0.15) is 12.4 Å². The van der Waals surface area contributed by atoms with Crippen LogP contribution in [-0.2, 0) is 22.5 Å². The molecule has 0 aliphatic rings. The molecule has 0 fully saturated rings. The average molecular weight is 371 g/mol. The molecule has 0 atom stereocenters. The van der Waals surface area contributed by atoms with E-state index < -0.39 is 0 Å². The highest BCUT2D eigenvalue weighted by Crippen LogP contribution is 2.17. The molecule has 0 saturated carbocycles. The van der Waals surface area contributed by atoms with E-state index in [1.165, 1.54) is 11.3 Å². The lowest BCUT2D eigenvalue weighted by atomic mass is 10.3. The normalized spacial score (nSPS) is 10.8. The Morgan fingerprint density at radius 1 is 1.23 bits per heavy atom. The van der Waals surface area contributed by atoms with E-state index in [0.717, 1.165) is 23.3 Å². The third-order valence-electron chi connectivity index (χ3n) is 3.93. The van der Waals surface area contributed by atoms with Crippen LogP contribution in [0.4, 0.5) is 0 Å². The lowest BCUT2D eigenvalue weighted by molar-refractivity contribution is -0.143. The molecule has 0 spiro atoms. The van der Waals surface area contributed by atoms with Gasteiger partial charge in [0.2, 0.25) is 0 Å². The number of nitrogens with one attached hydrogen (secondary N) is 1. The molecule has 1 amide bonds. The van der Waals surface area contributed by atoms with Crippen LogP contribution in [0.3, 0.4) is 0 Å². The second kappa shape index (κ2) is 8.62. The standard InChI is InChI=1S/C19H21N3O3S/c1-2-25-18(23)13-22-15-8-4-3-7-14(15)21-17(22)10-5-11-20-19(24)16-9-6-12-26-16/h3-4,6-9,12H,2,5,10-11,13H2,1H3,(H,20,24). The Bertz CT molecular complexity index is 887. The molecule has 3 aromatic rings. The summed E-state index contributed by atoms with van der Waals surface area (Å²) in [6.07, 6.45) is 1.40. The summed E-state index contributed by atoms with van der Waals surface area (Å²) in [6.45, 7) is 2.85. The van der Waals surface area contributed by atoms with E-state index in [0.29, 0.717) is 24.4 Å². The fraction of sp³-hybridized carbons (Fsp3) is 0.316. The van der Waals surface area contributed by atoms with E-state index in [4.69, 9.17) is 4.74 Å². The van der Waals surface area contributed by atoms with E-state index in [1.54, 1.807) is 13.0 Å². The van der Waals surface area contributed by atoms with Crippen molar-refractivity contribution in [2.24, 2.45) is 0 Å². The molecule has 7 heteroatoms. The number of esters is 1. The molecule has 2 aromatic heterocycles. The molecule has 26 heavy (non-hydrogen) atoms. The van der Waals surface area contributed by atoms with Gasteiger partial charge < -0.3 is 14.6 Å². The quantitative estimate of drug-likeness (QED) is 0.488. The van der Waals surface area contributed by atoms with Crippen molar-refractivity contribution in [1.82, 2.24) is 14.9 Å². The number of amides is 1. The van der Waals surface area contributed by atoms with Gasteiger partial charge in [0, 0.05) is 13.0 Å². The average Bonchev–Trinajstić information content (AvgIpc) is 3.28. The summed E-state index contributed by atoms with van der Waals surface area (Å²) in [6, 6.07) is 11.4. The van der Waals surface area contributed by atoms with Gasteiger partial charge in [0.25, 0.3) is 5.91 Å². The van der Waals surface area contributed by atoms with E-state index >= 15 is 0 Å². The number of hydrogen-bond acceptors (Lipinski definition) is 5. The molecule has 3 rings (SSSR count). The molecule has 0 bridgehead atoms. The smallest absolute Gasteiger partial charge is 0.326 e. The zero-order valence-electron chi connectivity index (χ0n) is 14.6. The fourth-order valence-electron chi connectivity index (χ4n) is 2.77. The van der Waals surface area contributed by atoms with E-state index in [2.05, 4.69) is 10.3 Å². The van der Waals surface area contributed by atoms with Gasteiger partial charge in [-0.25, -0.2) is 4.98 Å². The number of imidazole rings is 1. The first-order chi connectivity index (χ1) is 12.7. The fourth-order valence-corrected chi connectivity index (χ4v) is 3.41. The summed E-state index contributed by atoms with van der Waals surface area (Å²) in [4.78, 5) is 29.2. The van der Waals surface area contributed by atoms with Gasteiger partial charge in [-0.2, -0.15) is 0 Å². The number of para-hydroxylation sites is 2. The monoisotopic (exact) mass is 371 g/mol. The van der Waals surface area contributed by atoms with Crippen LogP contribution in [0.2, 0.25) is 0 Å². The molecule has 0 aliphatic carbocycles. The highest BCUT2D eigenvalue weighted by atomic mass is 32.1. The number of fused-ring (bicyclic) bond motifs is 1. The number of aryl methyl sites for hydroxylation is 1. The van der Waals surface area contributed by atoms with Crippen molar-refractivity contribution in [2.45, 2.75) is 26.3 Å². The summed E-state index contributed by atoms with van der Waals surface area (Å²) in [5.74, 6) is 0.493. The van der Waals surface area contributed by atoms with Crippen molar-refractivity contribution in [3.8, 4) is 0 Å². The molecule has 6 nitrogen and oxygen atoms in total. The van der Waals surface area contributed by atoms with Gasteiger partial charge >= 0.3 is 5.97 Å². The number of hydrogen-bond donors (Lipinski definition) is 1. The Hall–Kier alpha value is -2.67.